The zero-order chi connectivity index (χ0) is 21.3. The van der Waals surface area contributed by atoms with E-state index in [0.29, 0.717) is 6.54 Å². The molecule has 156 valence electrons. The summed E-state index contributed by atoms with van der Waals surface area (Å²) >= 11 is 0. The lowest BCUT2D eigenvalue weighted by molar-refractivity contribution is -0.151. The molecule has 2 aromatic carbocycles. The Morgan fingerprint density at radius 1 is 1.07 bits per heavy atom. The summed E-state index contributed by atoms with van der Waals surface area (Å²) in [5.74, 6) is -1.37. The normalized spacial score (nSPS) is 18.3. The number of carbonyl (C=O) groups is 3. The van der Waals surface area contributed by atoms with E-state index in [0.717, 1.165) is 40.9 Å². The maximum absolute atomic E-state index is 12.7. The first-order valence-electron chi connectivity index (χ1n) is 10.4. The van der Waals surface area contributed by atoms with Crippen molar-refractivity contribution in [2.75, 3.05) is 29.5 Å². The Morgan fingerprint density at radius 2 is 1.83 bits per heavy atom. The molecule has 2 amide bonds. The quantitative estimate of drug-likeness (QED) is 0.732. The van der Waals surface area contributed by atoms with E-state index in [-0.39, 0.29) is 31.4 Å². The van der Waals surface area contributed by atoms with Crippen LogP contribution in [0.3, 0.4) is 0 Å². The fourth-order valence-corrected chi connectivity index (χ4v) is 4.25. The third-order valence-electron chi connectivity index (χ3n) is 6.07. The van der Waals surface area contributed by atoms with Crippen molar-refractivity contribution >= 4 is 29.2 Å². The highest BCUT2D eigenvalue weighted by molar-refractivity contribution is 6.01. The lowest BCUT2D eigenvalue weighted by Gasteiger charge is -2.29. The van der Waals surface area contributed by atoms with Crippen molar-refractivity contribution in [2.45, 2.75) is 33.1 Å². The number of carbonyl (C=O) groups excluding carboxylic acids is 3. The third-order valence-corrected chi connectivity index (χ3v) is 6.07. The van der Waals surface area contributed by atoms with Gasteiger partial charge in [0.1, 0.15) is 0 Å². The minimum absolute atomic E-state index is 0.0954. The van der Waals surface area contributed by atoms with Crippen LogP contribution in [-0.4, -0.2) is 37.5 Å². The van der Waals surface area contributed by atoms with Gasteiger partial charge in [-0.3, -0.25) is 14.4 Å². The molecular formula is C24H26N2O4. The van der Waals surface area contributed by atoms with Gasteiger partial charge in [-0.1, -0.05) is 30.3 Å². The summed E-state index contributed by atoms with van der Waals surface area (Å²) < 4.78 is 5.33. The summed E-state index contributed by atoms with van der Waals surface area (Å²) in [6.07, 6.45) is 1.93. The molecule has 30 heavy (non-hydrogen) atoms. The minimum Gasteiger partial charge on any atom is -0.455 e. The molecular weight excluding hydrogens is 380 g/mol. The Morgan fingerprint density at radius 3 is 2.67 bits per heavy atom. The van der Waals surface area contributed by atoms with E-state index in [1.54, 1.807) is 9.80 Å². The molecule has 1 fully saturated rings. The Kier molecular flexibility index (Phi) is 5.57. The van der Waals surface area contributed by atoms with Crippen molar-refractivity contribution in [1.82, 2.24) is 0 Å². The summed E-state index contributed by atoms with van der Waals surface area (Å²) in [5, 5.41) is 0. The predicted molar refractivity (Wildman–Crippen MR) is 114 cm³/mol. The number of aryl methyl sites for hydroxylation is 2. The molecule has 4 rings (SSSR count). The Hall–Kier alpha value is -3.15. The summed E-state index contributed by atoms with van der Waals surface area (Å²) in [5.41, 5.74) is 4.98. The van der Waals surface area contributed by atoms with Crippen LogP contribution in [0.5, 0.6) is 0 Å². The maximum atomic E-state index is 12.7. The van der Waals surface area contributed by atoms with Gasteiger partial charge in [-0.15, -0.1) is 0 Å². The summed E-state index contributed by atoms with van der Waals surface area (Å²) in [7, 11) is 0. The van der Waals surface area contributed by atoms with Crippen molar-refractivity contribution < 1.29 is 19.1 Å². The molecule has 0 radical (unpaired) electrons. The molecule has 2 aliphatic heterocycles. The maximum Gasteiger partial charge on any atom is 0.311 e. The molecule has 0 spiro atoms. The van der Waals surface area contributed by atoms with Gasteiger partial charge in [0.05, 0.1) is 5.92 Å². The molecule has 2 heterocycles. The van der Waals surface area contributed by atoms with Crippen LogP contribution in [0.4, 0.5) is 11.4 Å². The van der Waals surface area contributed by atoms with E-state index < -0.39 is 11.9 Å². The molecule has 0 aromatic heterocycles. The van der Waals surface area contributed by atoms with E-state index in [1.165, 1.54) is 0 Å². The standard InChI is InChI=1S/C24H26N2O4/c1-16-7-5-11-20(17(16)2)26-14-19(13-22(26)27)24(29)30-15-23(28)25-12-6-9-18-8-3-4-10-21(18)25/h3-5,7-8,10-11,19H,6,9,12-15H2,1-2H3/t19-/m1/s1. The first-order chi connectivity index (χ1) is 14.5. The Labute approximate surface area is 176 Å². The predicted octanol–water partition coefficient (Wildman–Crippen LogP) is 3.18. The van der Waals surface area contributed by atoms with Gasteiger partial charge in [0, 0.05) is 30.9 Å². The molecule has 0 aliphatic carbocycles. The number of amides is 2. The van der Waals surface area contributed by atoms with Crippen molar-refractivity contribution in [3.63, 3.8) is 0 Å². The topological polar surface area (TPSA) is 66.9 Å². The van der Waals surface area contributed by atoms with Crippen molar-refractivity contribution in [3.8, 4) is 0 Å². The zero-order valence-electron chi connectivity index (χ0n) is 17.4. The van der Waals surface area contributed by atoms with Crippen LogP contribution in [0.1, 0.15) is 29.5 Å². The molecule has 1 atom stereocenters. The van der Waals surface area contributed by atoms with Gasteiger partial charge in [0.25, 0.3) is 5.91 Å². The second-order valence-electron chi connectivity index (χ2n) is 8.01. The van der Waals surface area contributed by atoms with Crippen molar-refractivity contribution in [3.05, 3.63) is 59.2 Å². The second-order valence-corrected chi connectivity index (χ2v) is 8.01. The first kappa shape index (κ1) is 20.1. The lowest BCUT2D eigenvalue weighted by Crippen LogP contribution is -2.39. The van der Waals surface area contributed by atoms with Crippen LogP contribution in [0.25, 0.3) is 0 Å². The third kappa shape index (κ3) is 3.82. The van der Waals surface area contributed by atoms with E-state index in [1.807, 2.05) is 56.3 Å². The van der Waals surface area contributed by atoms with E-state index >= 15 is 0 Å². The number of ether oxygens (including phenoxy) is 1. The summed E-state index contributed by atoms with van der Waals surface area (Å²) in [6, 6.07) is 13.6. The van der Waals surface area contributed by atoms with Crippen molar-refractivity contribution in [1.29, 1.82) is 0 Å². The first-order valence-corrected chi connectivity index (χ1v) is 10.4. The molecule has 2 aliphatic rings. The van der Waals surface area contributed by atoms with Gasteiger partial charge in [0.2, 0.25) is 5.91 Å². The molecule has 2 aromatic rings. The van der Waals surface area contributed by atoms with E-state index in [2.05, 4.69) is 0 Å². The number of esters is 1. The minimum atomic E-state index is -0.557. The van der Waals surface area contributed by atoms with Crippen LogP contribution in [-0.2, 0) is 25.5 Å². The van der Waals surface area contributed by atoms with Crippen molar-refractivity contribution in [2.24, 2.45) is 5.92 Å². The van der Waals surface area contributed by atoms with Gasteiger partial charge < -0.3 is 14.5 Å². The zero-order valence-corrected chi connectivity index (χ0v) is 17.4. The number of rotatable bonds is 4. The fraction of sp³-hybridized carbons (Fsp3) is 0.375. The van der Waals surface area contributed by atoms with Gasteiger partial charge in [-0.05, 0) is 55.5 Å². The highest BCUT2D eigenvalue weighted by Crippen LogP contribution is 2.30. The summed E-state index contributed by atoms with van der Waals surface area (Å²) in [4.78, 5) is 41.1. The van der Waals surface area contributed by atoms with Gasteiger partial charge in [0.15, 0.2) is 6.61 Å². The number of benzene rings is 2. The number of hydrogen-bond acceptors (Lipinski definition) is 4. The highest BCUT2D eigenvalue weighted by Gasteiger charge is 2.37. The highest BCUT2D eigenvalue weighted by atomic mass is 16.5. The van der Waals surface area contributed by atoms with Gasteiger partial charge in [-0.25, -0.2) is 0 Å². The van der Waals surface area contributed by atoms with Crippen LogP contribution in [0, 0.1) is 19.8 Å². The van der Waals surface area contributed by atoms with E-state index in [4.69, 9.17) is 4.74 Å². The van der Waals surface area contributed by atoms with Crippen LogP contribution >= 0.6 is 0 Å². The van der Waals surface area contributed by atoms with Crippen LogP contribution in [0.15, 0.2) is 42.5 Å². The number of anilines is 2. The monoisotopic (exact) mass is 406 g/mol. The van der Waals surface area contributed by atoms with Gasteiger partial charge >= 0.3 is 5.97 Å². The average Bonchev–Trinajstić information content (AvgIpc) is 3.14. The van der Waals surface area contributed by atoms with Crippen LogP contribution < -0.4 is 9.80 Å². The lowest BCUT2D eigenvalue weighted by atomic mass is 10.0. The fourth-order valence-electron chi connectivity index (χ4n) is 4.25. The molecule has 6 heteroatoms. The number of para-hydroxylation sites is 1. The second kappa shape index (κ2) is 8.30. The molecule has 1 saturated heterocycles. The Balaban J connectivity index is 1.38. The average molecular weight is 406 g/mol. The van der Waals surface area contributed by atoms with E-state index in [9.17, 15) is 14.4 Å². The Bertz CT molecular complexity index is 1000. The van der Waals surface area contributed by atoms with Gasteiger partial charge in [-0.2, -0.15) is 0 Å². The van der Waals surface area contributed by atoms with Crippen LogP contribution in [0.2, 0.25) is 0 Å². The molecule has 0 unspecified atom stereocenters. The smallest absolute Gasteiger partial charge is 0.311 e. The summed E-state index contributed by atoms with van der Waals surface area (Å²) in [6.45, 7) is 4.56. The molecule has 0 saturated carbocycles. The molecule has 0 bridgehead atoms. The SMILES string of the molecule is Cc1cccc(N2C[C@H](C(=O)OCC(=O)N3CCCc4ccccc43)CC2=O)c1C. The number of hydrogen-bond donors (Lipinski definition) is 0. The molecule has 6 nitrogen and oxygen atoms in total. The largest absolute Gasteiger partial charge is 0.455 e. The molecule has 0 N–H and O–H groups in total. The number of nitrogens with zero attached hydrogens (tertiary/aromatic N) is 2. The number of fused-ring (bicyclic) bond motifs is 1.